The molecule has 2 amide bonds. The number of hydrogen-bond donors (Lipinski definition) is 2. The standard InChI is InChI=1S/C14H16ClN3O5S/c1-17(2)10-5-3-9(4-6-10)12(19)8-18-7-11(15)13(16-14(18)20)24(21,22)23/h3-7,13H,8H2,1-2H3,(H,16,20)(H,21,22,23). The molecular formula is C14H16ClN3O5S. The van der Waals surface area contributed by atoms with E-state index < -0.39 is 21.5 Å². The topological polar surface area (TPSA) is 107 Å². The molecule has 1 unspecified atom stereocenters. The van der Waals surface area contributed by atoms with Gasteiger partial charge in [-0.15, -0.1) is 0 Å². The molecule has 24 heavy (non-hydrogen) atoms. The van der Waals surface area contributed by atoms with Crippen molar-refractivity contribution in [3.63, 3.8) is 0 Å². The molecule has 0 aliphatic carbocycles. The summed E-state index contributed by atoms with van der Waals surface area (Å²) >= 11 is 5.76. The Bertz CT molecular complexity index is 789. The molecular weight excluding hydrogens is 358 g/mol. The molecule has 0 saturated carbocycles. The third-order valence-electron chi connectivity index (χ3n) is 3.36. The van der Waals surface area contributed by atoms with Gasteiger partial charge in [0.1, 0.15) is 0 Å². The van der Waals surface area contributed by atoms with Crippen molar-refractivity contribution in [2.45, 2.75) is 5.37 Å². The van der Waals surface area contributed by atoms with E-state index in [1.54, 1.807) is 24.3 Å². The number of nitrogens with one attached hydrogen (secondary N) is 1. The van der Waals surface area contributed by atoms with Crippen molar-refractivity contribution >= 4 is 39.2 Å². The lowest BCUT2D eigenvalue weighted by atomic mass is 10.1. The van der Waals surface area contributed by atoms with E-state index in [0.717, 1.165) is 16.8 Å². The lowest BCUT2D eigenvalue weighted by Crippen LogP contribution is -2.51. The van der Waals surface area contributed by atoms with Crippen LogP contribution in [0.4, 0.5) is 10.5 Å². The number of ketones is 1. The second-order valence-electron chi connectivity index (χ2n) is 5.35. The molecule has 10 heteroatoms. The van der Waals surface area contributed by atoms with Gasteiger partial charge in [-0.1, -0.05) is 11.6 Å². The van der Waals surface area contributed by atoms with Gasteiger partial charge >= 0.3 is 6.03 Å². The van der Waals surface area contributed by atoms with E-state index in [-0.39, 0.29) is 17.4 Å². The van der Waals surface area contributed by atoms with Gasteiger partial charge < -0.3 is 10.2 Å². The van der Waals surface area contributed by atoms with Crippen LogP contribution < -0.4 is 10.2 Å². The van der Waals surface area contributed by atoms with Crippen molar-refractivity contribution in [3.8, 4) is 0 Å². The first kappa shape index (κ1) is 18.2. The zero-order chi connectivity index (χ0) is 18.1. The van der Waals surface area contributed by atoms with E-state index in [4.69, 9.17) is 16.2 Å². The molecule has 0 spiro atoms. The summed E-state index contributed by atoms with van der Waals surface area (Å²) < 4.78 is 31.2. The minimum atomic E-state index is -4.57. The fourth-order valence-electron chi connectivity index (χ4n) is 2.06. The summed E-state index contributed by atoms with van der Waals surface area (Å²) in [6.07, 6.45) is 1.02. The largest absolute Gasteiger partial charge is 0.378 e. The highest BCUT2D eigenvalue weighted by Gasteiger charge is 2.34. The summed E-state index contributed by atoms with van der Waals surface area (Å²) in [5.74, 6) is -0.346. The third kappa shape index (κ3) is 4.05. The summed E-state index contributed by atoms with van der Waals surface area (Å²) in [6.45, 7) is -0.318. The minimum absolute atomic E-state index is 0.312. The predicted octanol–water partition coefficient (Wildman–Crippen LogP) is 1.25. The molecule has 8 nitrogen and oxygen atoms in total. The van der Waals surface area contributed by atoms with Crippen LogP contribution in [0.5, 0.6) is 0 Å². The van der Waals surface area contributed by atoms with Crippen LogP contribution in [-0.4, -0.2) is 55.7 Å². The summed E-state index contributed by atoms with van der Waals surface area (Å²) in [5, 5.41) is -0.00986. The lowest BCUT2D eigenvalue weighted by Gasteiger charge is -2.27. The molecule has 1 heterocycles. The number of hydrogen-bond acceptors (Lipinski definition) is 5. The first-order valence-corrected chi connectivity index (χ1v) is 8.69. The number of halogens is 1. The highest BCUT2D eigenvalue weighted by atomic mass is 35.5. The number of anilines is 1. The van der Waals surface area contributed by atoms with Crippen LogP contribution in [0.1, 0.15) is 10.4 Å². The van der Waals surface area contributed by atoms with E-state index in [1.165, 1.54) is 0 Å². The lowest BCUT2D eigenvalue weighted by molar-refractivity contribution is 0.0960. The Kier molecular flexibility index (Phi) is 5.16. The Balaban J connectivity index is 2.14. The van der Waals surface area contributed by atoms with E-state index in [2.05, 4.69) is 0 Å². The van der Waals surface area contributed by atoms with Crippen molar-refractivity contribution in [2.75, 3.05) is 25.5 Å². The number of carbonyl (C=O) groups excluding carboxylic acids is 2. The van der Waals surface area contributed by atoms with Gasteiger partial charge in [0.05, 0.1) is 11.6 Å². The second-order valence-corrected chi connectivity index (χ2v) is 7.29. The van der Waals surface area contributed by atoms with Crippen LogP contribution in [0, 0.1) is 0 Å². The van der Waals surface area contributed by atoms with Crippen molar-refractivity contribution in [3.05, 3.63) is 41.1 Å². The highest BCUT2D eigenvalue weighted by molar-refractivity contribution is 7.86. The van der Waals surface area contributed by atoms with Gasteiger partial charge in [0.2, 0.25) is 0 Å². The zero-order valence-corrected chi connectivity index (χ0v) is 14.5. The van der Waals surface area contributed by atoms with Crippen LogP contribution in [0.25, 0.3) is 0 Å². The molecule has 0 fully saturated rings. The molecule has 2 N–H and O–H groups in total. The summed E-state index contributed by atoms with van der Waals surface area (Å²) in [4.78, 5) is 27.0. The van der Waals surface area contributed by atoms with Crippen LogP contribution in [0.2, 0.25) is 0 Å². The summed E-state index contributed by atoms with van der Waals surface area (Å²) in [6, 6.07) is 5.94. The van der Waals surface area contributed by atoms with Crippen molar-refractivity contribution in [2.24, 2.45) is 0 Å². The number of nitrogens with zero attached hydrogens (tertiary/aromatic N) is 2. The Hall–Kier alpha value is -2.10. The average molecular weight is 374 g/mol. The van der Waals surface area contributed by atoms with Crippen molar-refractivity contribution in [1.82, 2.24) is 10.2 Å². The van der Waals surface area contributed by atoms with Crippen LogP contribution in [0.3, 0.4) is 0 Å². The molecule has 1 aliphatic rings. The van der Waals surface area contributed by atoms with Gasteiger partial charge in [0.15, 0.2) is 11.2 Å². The van der Waals surface area contributed by atoms with Gasteiger partial charge in [0, 0.05) is 31.5 Å². The molecule has 1 aliphatic heterocycles. The van der Waals surface area contributed by atoms with Crippen LogP contribution in [-0.2, 0) is 10.1 Å². The molecule has 0 saturated heterocycles. The quantitative estimate of drug-likeness (QED) is 0.594. The smallest absolute Gasteiger partial charge is 0.323 e. The first-order chi connectivity index (χ1) is 11.1. The number of carbonyl (C=O) groups is 2. The summed E-state index contributed by atoms with van der Waals surface area (Å²) in [7, 11) is -0.837. The minimum Gasteiger partial charge on any atom is -0.378 e. The number of urea groups is 1. The first-order valence-electron chi connectivity index (χ1n) is 6.81. The molecule has 0 radical (unpaired) electrons. The fourth-order valence-corrected chi connectivity index (χ4v) is 3.17. The highest BCUT2D eigenvalue weighted by Crippen LogP contribution is 2.20. The average Bonchev–Trinajstić information content (AvgIpc) is 2.49. The van der Waals surface area contributed by atoms with E-state index in [9.17, 15) is 18.0 Å². The van der Waals surface area contributed by atoms with Gasteiger partial charge in [0.25, 0.3) is 10.1 Å². The predicted molar refractivity (Wildman–Crippen MR) is 89.6 cm³/mol. The van der Waals surface area contributed by atoms with Crippen molar-refractivity contribution in [1.29, 1.82) is 0 Å². The number of amides is 2. The summed E-state index contributed by atoms with van der Waals surface area (Å²) in [5.41, 5.74) is 1.32. The molecule has 1 aromatic rings. The Labute approximate surface area is 144 Å². The van der Waals surface area contributed by atoms with E-state index >= 15 is 0 Å². The monoisotopic (exact) mass is 373 g/mol. The molecule has 2 rings (SSSR count). The van der Waals surface area contributed by atoms with Gasteiger partial charge in [-0.05, 0) is 24.3 Å². The fraction of sp³-hybridized carbons (Fsp3) is 0.286. The maximum Gasteiger partial charge on any atom is 0.323 e. The third-order valence-corrected chi connectivity index (χ3v) is 4.78. The van der Waals surface area contributed by atoms with Gasteiger partial charge in [-0.3, -0.25) is 14.2 Å². The Morgan fingerprint density at radius 2 is 1.92 bits per heavy atom. The molecule has 1 atom stereocenters. The van der Waals surface area contributed by atoms with Crippen LogP contribution >= 0.6 is 11.6 Å². The SMILES string of the molecule is CN(C)c1ccc(C(=O)CN2C=C(Cl)C(S(=O)(=O)O)NC2=O)cc1. The molecule has 0 aromatic heterocycles. The van der Waals surface area contributed by atoms with E-state index in [0.29, 0.717) is 5.56 Å². The normalized spacial score (nSPS) is 18.0. The second kappa shape index (κ2) is 6.80. The molecule has 130 valence electrons. The van der Waals surface area contributed by atoms with Gasteiger partial charge in [-0.25, -0.2) is 4.79 Å². The van der Waals surface area contributed by atoms with Gasteiger partial charge in [-0.2, -0.15) is 8.42 Å². The molecule has 1 aromatic carbocycles. The Morgan fingerprint density at radius 3 is 2.42 bits per heavy atom. The Morgan fingerprint density at radius 1 is 1.33 bits per heavy atom. The number of benzene rings is 1. The van der Waals surface area contributed by atoms with Crippen LogP contribution in [0.15, 0.2) is 35.5 Å². The van der Waals surface area contributed by atoms with E-state index in [1.807, 2.05) is 24.3 Å². The zero-order valence-electron chi connectivity index (χ0n) is 12.9. The van der Waals surface area contributed by atoms with Crippen molar-refractivity contribution < 1.29 is 22.6 Å². The maximum atomic E-state index is 12.2. The number of rotatable bonds is 5. The molecule has 0 bridgehead atoms. The maximum absolute atomic E-state index is 12.2. The number of Topliss-reactive ketones (excluding diaryl/α,β-unsaturated/α-hetero) is 1.